The van der Waals surface area contributed by atoms with Gasteiger partial charge in [-0.3, -0.25) is 0 Å². The summed E-state index contributed by atoms with van der Waals surface area (Å²) in [5, 5.41) is 4.06. The zero-order valence-electron chi connectivity index (χ0n) is 14.3. The molecule has 2 aromatic heterocycles. The minimum absolute atomic E-state index is 0. The van der Waals surface area contributed by atoms with E-state index in [2.05, 4.69) is 30.0 Å². The molecular formula is C18H14ClN6O2S-. The van der Waals surface area contributed by atoms with Gasteiger partial charge in [-0.15, -0.1) is 0 Å². The fraction of sp³-hybridized carbons (Fsp3) is 0. The van der Waals surface area contributed by atoms with E-state index >= 15 is 0 Å². The number of rotatable bonds is 5. The van der Waals surface area contributed by atoms with Crippen molar-refractivity contribution >= 4 is 38.4 Å². The zero-order chi connectivity index (χ0) is 18.7. The minimum atomic E-state index is -3.77. The number of nitrogens with one attached hydrogen (secondary N) is 2. The molecule has 2 aromatic carbocycles. The molecule has 2 heterocycles. The normalized spacial score (nSPS) is 10.9. The number of anilines is 3. The van der Waals surface area contributed by atoms with Crippen LogP contribution in [0.25, 0.3) is 10.9 Å². The molecule has 0 radical (unpaired) electrons. The van der Waals surface area contributed by atoms with E-state index in [1.165, 1.54) is 30.9 Å². The highest BCUT2D eigenvalue weighted by Crippen LogP contribution is 2.23. The first kappa shape index (κ1) is 19.5. The molecule has 4 aromatic rings. The van der Waals surface area contributed by atoms with Crippen LogP contribution in [0.15, 0.2) is 78.2 Å². The number of halogens is 1. The average Bonchev–Trinajstić information content (AvgIpc) is 2.69. The number of nitrogens with zero attached hydrogens (tertiary/aromatic N) is 4. The average molecular weight is 414 g/mol. The summed E-state index contributed by atoms with van der Waals surface area (Å²) < 4.78 is 27.2. The zero-order valence-corrected chi connectivity index (χ0v) is 15.9. The van der Waals surface area contributed by atoms with Crippen LogP contribution in [0.1, 0.15) is 0 Å². The summed E-state index contributed by atoms with van der Waals surface area (Å²) in [5.74, 6) is 0.666. The molecule has 4 rings (SSSR count). The predicted molar refractivity (Wildman–Crippen MR) is 102 cm³/mol. The fourth-order valence-corrected chi connectivity index (χ4v) is 3.45. The Bertz CT molecular complexity index is 1180. The van der Waals surface area contributed by atoms with Crippen molar-refractivity contribution in [2.45, 2.75) is 4.90 Å². The molecule has 0 aliphatic carbocycles. The van der Waals surface area contributed by atoms with Gasteiger partial charge in [0.1, 0.15) is 12.1 Å². The molecule has 0 saturated carbocycles. The smallest absolute Gasteiger partial charge is 0.264 e. The van der Waals surface area contributed by atoms with Crippen LogP contribution in [0, 0.1) is 0 Å². The first-order valence-electron chi connectivity index (χ1n) is 7.98. The Morgan fingerprint density at radius 2 is 1.50 bits per heavy atom. The van der Waals surface area contributed by atoms with Gasteiger partial charge < -0.3 is 17.7 Å². The second-order valence-electron chi connectivity index (χ2n) is 5.57. The van der Waals surface area contributed by atoms with Crippen LogP contribution in [-0.4, -0.2) is 28.4 Å². The lowest BCUT2D eigenvalue weighted by molar-refractivity contribution is -0.00000803. The summed E-state index contributed by atoms with van der Waals surface area (Å²) in [6.45, 7) is 0. The summed E-state index contributed by atoms with van der Waals surface area (Å²) in [6, 6.07) is 15.6. The standard InChI is InChI=1S/C18H14N6O2S.ClH/c25-27(26,24-18-19-10-3-11-20-18)14-8-6-13(7-9-14)23-17-15-4-1-2-5-16(15)21-12-22-17;/h1-12H,(H,19,20,24)(H,21,22,23);1H/p-1. The number of para-hydroxylation sites is 1. The molecular weight excluding hydrogens is 400 g/mol. The largest absolute Gasteiger partial charge is 1.00 e. The third kappa shape index (κ3) is 4.16. The van der Waals surface area contributed by atoms with Crippen LogP contribution in [0.4, 0.5) is 17.5 Å². The Kier molecular flexibility index (Phi) is 5.67. The van der Waals surface area contributed by atoms with Gasteiger partial charge in [0.2, 0.25) is 5.95 Å². The highest BCUT2D eigenvalue weighted by Gasteiger charge is 2.15. The lowest BCUT2D eigenvalue weighted by Crippen LogP contribution is -3.00. The first-order valence-corrected chi connectivity index (χ1v) is 9.47. The van der Waals surface area contributed by atoms with E-state index in [1.54, 1.807) is 18.2 Å². The van der Waals surface area contributed by atoms with Gasteiger partial charge >= 0.3 is 0 Å². The fourth-order valence-electron chi connectivity index (χ4n) is 2.49. The Balaban J connectivity index is 0.00000225. The molecule has 2 N–H and O–H groups in total. The van der Waals surface area contributed by atoms with Gasteiger partial charge in [-0.2, -0.15) is 0 Å². The van der Waals surface area contributed by atoms with E-state index in [-0.39, 0.29) is 23.3 Å². The van der Waals surface area contributed by atoms with Gasteiger partial charge in [-0.05, 0) is 42.5 Å². The van der Waals surface area contributed by atoms with Gasteiger partial charge in [0, 0.05) is 23.5 Å². The Labute approximate surface area is 167 Å². The van der Waals surface area contributed by atoms with Crippen molar-refractivity contribution in [1.29, 1.82) is 0 Å². The van der Waals surface area contributed by atoms with Gasteiger partial charge in [-0.1, -0.05) is 12.1 Å². The molecule has 0 atom stereocenters. The van der Waals surface area contributed by atoms with Gasteiger partial charge in [0.25, 0.3) is 10.0 Å². The van der Waals surface area contributed by atoms with Crippen molar-refractivity contribution in [2.24, 2.45) is 0 Å². The Hall–Kier alpha value is -3.30. The molecule has 0 spiro atoms. The SMILES string of the molecule is O=S(=O)(Nc1ncccn1)c1ccc(Nc2ncnc3ccccc23)cc1.[Cl-]. The summed E-state index contributed by atoms with van der Waals surface area (Å²) in [6.07, 6.45) is 4.40. The van der Waals surface area contributed by atoms with E-state index in [0.29, 0.717) is 11.5 Å². The van der Waals surface area contributed by atoms with Crippen molar-refractivity contribution in [3.8, 4) is 0 Å². The predicted octanol–water partition coefficient (Wildman–Crippen LogP) is -0.0318. The van der Waals surface area contributed by atoms with E-state index < -0.39 is 10.0 Å². The van der Waals surface area contributed by atoms with E-state index in [4.69, 9.17) is 0 Å². The maximum absolute atomic E-state index is 12.4. The lowest BCUT2D eigenvalue weighted by atomic mass is 10.2. The number of aromatic nitrogens is 4. The number of hydrogen-bond acceptors (Lipinski definition) is 7. The van der Waals surface area contributed by atoms with Crippen molar-refractivity contribution in [2.75, 3.05) is 10.0 Å². The van der Waals surface area contributed by atoms with Crippen LogP contribution in [0.3, 0.4) is 0 Å². The van der Waals surface area contributed by atoms with Gasteiger partial charge in [-0.25, -0.2) is 33.1 Å². The van der Waals surface area contributed by atoms with Crippen LogP contribution in [0.5, 0.6) is 0 Å². The molecule has 142 valence electrons. The molecule has 0 bridgehead atoms. The summed E-state index contributed by atoms with van der Waals surface area (Å²) >= 11 is 0. The molecule has 0 amide bonds. The minimum Gasteiger partial charge on any atom is -1.00 e. The van der Waals surface area contributed by atoms with E-state index in [9.17, 15) is 8.42 Å². The molecule has 0 fully saturated rings. The monoisotopic (exact) mass is 413 g/mol. The van der Waals surface area contributed by atoms with E-state index in [1.807, 2.05) is 24.3 Å². The molecule has 0 aliphatic rings. The van der Waals surface area contributed by atoms with Crippen LogP contribution in [0.2, 0.25) is 0 Å². The number of hydrogen-bond donors (Lipinski definition) is 2. The maximum Gasteiger partial charge on any atom is 0.264 e. The second-order valence-corrected chi connectivity index (χ2v) is 7.25. The highest BCUT2D eigenvalue weighted by atomic mass is 35.5. The quantitative estimate of drug-likeness (QED) is 0.472. The first-order chi connectivity index (χ1) is 13.1. The number of sulfonamides is 1. The van der Waals surface area contributed by atoms with Crippen LogP contribution in [-0.2, 0) is 10.0 Å². The summed E-state index contributed by atoms with van der Waals surface area (Å²) in [5.41, 5.74) is 1.52. The van der Waals surface area contributed by atoms with E-state index in [0.717, 1.165) is 10.9 Å². The molecule has 28 heavy (non-hydrogen) atoms. The highest BCUT2D eigenvalue weighted by molar-refractivity contribution is 7.92. The molecule has 0 saturated heterocycles. The van der Waals surface area contributed by atoms with Gasteiger partial charge in [0.05, 0.1) is 10.4 Å². The lowest BCUT2D eigenvalue weighted by Gasteiger charge is -2.10. The molecule has 0 unspecified atom stereocenters. The number of benzene rings is 2. The Morgan fingerprint density at radius 1 is 0.786 bits per heavy atom. The van der Waals surface area contributed by atoms with Crippen molar-refractivity contribution < 1.29 is 20.8 Å². The molecule has 8 nitrogen and oxygen atoms in total. The Morgan fingerprint density at radius 3 is 2.25 bits per heavy atom. The van der Waals surface area contributed by atoms with Crippen LogP contribution < -0.4 is 22.4 Å². The molecule has 0 aliphatic heterocycles. The summed E-state index contributed by atoms with van der Waals surface area (Å²) in [7, 11) is -3.77. The van der Waals surface area contributed by atoms with Crippen molar-refractivity contribution in [3.63, 3.8) is 0 Å². The van der Waals surface area contributed by atoms with Crippen LogP contribution >= 0.6 is 0 Å². The van der Waals surface area contributed by atoms with Gasteiger partial charge in [0.15, 0.2) is 0 Å². The molecule has 10 heteroatoms. The van der Waals surface area contributed by atoms with Crippen molar-refractivity contribution in [1.82, 2.24) is 19.9 Å². The van der Waals surface area contributed by atoms with Crippen molar-refractivity contribution in [3.05, 3.63) is 73.3 Å². The number of fused-ring (bicyclic) bond motifs is 1. The summed E-state index contributed by atoms with van der Waals surface area (Å²) in [4.78, 5) is 16.3. The third-order valence-electron chi connectivity index (χ3n) is 3.76. The second kappa shape index (κ2) is 8.15. The maximum atomic E-state index is 12.4. The topological polar surface area (TPSA) is 110 Å². The third-order valence-corrected chi connectivity index (χ3v) is 5.11.